The fraction of sp³-hybridized carbons (Fsp3) is 0.348. The molecule has 5 atom stereocenters. The maximum Gasteiger partial charge on any atom is 0.335 e. The van der Waals surface area contributed by atoms with E-state index in [0.717, 1.165) is 15.7 Å². The standard InChI is InChI=1S/C23H25ClN2O7/c1-25-18(28)10-26(23(25)32)15-5-2-12(3-6-15)8-14-9-13(4-7-16(14)24)22-21(31)20(30)19(29)17(11-27)33-22/h2-7,9-10,17,19-22,27-31H,8,11H2,1H3. The van der Waals surface area contributed by atoms with Gasteiger partial charge in [0.1, 0.15) is 30.5 Å². The molecule has 4 rings (SSSR count). The Bertz CT molecular complexity index is 1190. The number of benzene rings is 2. The van der Waals surface area contributed by atoms with E-state index in [2.05, 4.69) is 0 Å². The lowest BCUT2D eigenvalue weighted by Crippen LogP contribution is -2.55. The molecule has 0 bridgehead atoms. The van der Waals surface area contributed by atoms with Gasteiger partial charge in [0.15, 0.2) is 0 Å². The van der Waals surface area contributed by atoms with E-state index in [-0.39, 0.29) is 11.6 Å². The van der Waals surface area contributed by atoms with E-state index in [1.807, 2.05) is 12.1 Å². The normalized spacial score (nSPS) is 25.3. The average Bonchev–Trinajstić information content (AvgIpc) is 3.07. The molecule has 1 saturated heterocycles. The van der Waals surface area contributed by atoms with E-state index in [4.69, 9.17) is 16.3 Å². The van der Waals surface area contributed by atoms with Crippen LogP contribution in [0.15, 0.2) is 53.5 Å². The Morgan fingerprint density at radius 1 is 1.03 bits per heavy atom. The fourth-order valence-corrected chi connectivity index (χ4v) is 4.16. The average molecular weight is 477 g/mol. The van der Waals surface area contributed by atoms with E-state index in [1.54, 1.807) is 30.3 Å². The van der Waals surface area contributed by atoms with Gasteiger partial charge in [-0.1, -0.05) is 35.9 Å². The molecule has 0 amide bonds. The topological polar surface area (TPSA) is 137 Å². The first-order chi connectivity index (χ1) is 15.7. The van der Waals surface area contributed by atoms with Gasteiger partial charge < -0.3 is 30.3 Å². The van der Waals surface area contributed by atoms with Crippen molar-refractivity contribution in [2.24, 2.45) is 7.05 Å². The third-order valence-electron chi connectivity index (χ3n) is 5.98. The van der Waals surface area contributed by atoms with E-state index in [9.17, 15) is 30.3 Å². The molecule has 1 aromatic heterocycles. The van der Waals surface area contributed by atoms with Crippen LogP contribution in [0, 0.1) is 0 Å². The lowest BCUT2D eigenvalue weighted by molar-refractivity contribution is -0.231. The Kier molecular flexibility index (Phi) is 6.62. The summed E-state index contributed by atoms with van der Waals surface area (Å²) in [4.78, 5) is 12.2. The van der Waals surface area contributed by atoms with Crippen molar-refractivity contribution in [1.29, 1.82) is 0 Å². The molecule has 5 N–H and O–H groups in total. The van der Waals surface area contributed by atoms with E-state index < -0.39 is 37.1 Å². The van der Waals surface area contributed by atoms with E-state index in [0.29, 0.717) is 22.7 Å². The molecule has 2 aromatic carbocycles. The number of hydrogen-bond donors (Lipinski definition) is 5. The summed E-state index contributed by atoms with van der Waals surface area (Å²) in [7, 11) is 1.48. The number of imidazole rings is 1. The molecule has 0 saturated carbocycles. The Labute approximate surface area is 194 Å². The first kappa shape index (κ1) is 23.5. The summed E-state index contributed by atoms with van der Waals surface area (Å²) < 4.78 is 8.12. The molecule has 176 valence electrons. The number of aliphatic hydroxyl groups is 4. The lowest BCUT2D eigenvalue weighted by atomic mass is 9.90. The first-order valence-corrected chi connectivity index (χ1v) is 10.7. The van der Waals surface area contributed by atoms with Gasteiger partial charge in [-0.05, 0) is 41.3 Å². The summed E-state index contributed by atoms with van der Waals surface area (Å²) in [6, 6.07) is 12.3. The van der Waals surface area contributed by atoms with Crippen LogP contribution in [0.3, 0.4) is 0 Å². The molecular weight excluding hydrogens is 452 g/mol. The maximum atomic E-state index is 12.2. The fourth-order valence-electron chi connectivity index (χ4n) is 3.98. The highest BCUT2D eigenvalue weighted by Crippen LogP contribution is 2.34. The van der Waals surface area contributed by atoms with Crippen LogP contribution in [0.4, 0.5) is 0 Å². The molecule has 2 heterocycles. The zero-order valence-electron chi connectivity index (χ0n) is 17.7. The molecule has 3 aromatic rings. The van der Waals surface area contributed by atoms with Gasteiger partial charge in [0.25, 0.3) is 0 Å². The van der Waals surface area contributed by atoms with Crippen LogP contribution < -0.4 is 5.69 Å². The highest BCUT2D eigenvalue weighted by Gasteiger charge is 2.44. The number of halogens is 1. The van der Waals surface area contributed by atoms with Crippen molar-refractivity contribution in [2.75, 3.05) is 6.61 Å². The minimum absolute atomic E-state index is 0.138. The third-order valence-corrected chi connectivity index (χ3v) is 6.35. The summed E-state index contributed by atoms with van der Waals surface area (Å²) >= 11 is 6.39. The van der Waals surface area contributed by atoms with Crippen molar-refractivity contribution in [3.05, 3.63) is 80.9 Å². The van der Waals surface area contributed by atoms with Crippen molar-refractivity contribution < 1.29 is 30.3 Å². The van der Waals surface area contributed by atoms with Crippen LogP contribution in [-0.4, -0.2) is 65.7 Å². The second kappa shape index (κ2) is 9.30. The smallest absolute Gasteiger partial charge is 0.335 e. The molecule has 1 fully saturated rings. The zero-order chi connectivity index (χ0) is 23.9. The quantitative estimate of drug-likeness (QED) is 0.364. The molecule has 0 spiro atoms. The number of hydrogen-bond acceptors (Lipinski definition) is 7. The predicted octanol–water partition coefficient (Wildman–Crippen LogP) is 0.641. The number of aromatic nitrogens is 2. The first-order valence-electron chi connectivity index (χ1n) is 10.4. The van der Waals surface area contributed by atoms with Gasteiger partial charge in [-0.2, -0.15) is 0 Å². The summed E-state index contributed by atoms with van der Waals surface area (Å²) in [5, 5.41) is 50.2. The van der Waals surface area contributed by atoms with Gasteiger partial charge in [-0.3, -0.25) is 9.13 Å². The second-order valence-corrected chi connectivity index (χ2v) is 8.55. The van der Waals surface area contributed by atoms with Gasteiger partial charge in [-0.15, -0.1) is 0 Å². The van der Waals surface area contributed by atoms with Gasteiger partial charge >= 0.3 is 5.69 Å². The Morgan fingerprint density at radius 2 is 1.73 bits per heavy atom. The van der Waals surface area contributed by atoms with Crippen molar-refractivity contribution in [1.82, 2.24) is 9.13 Å². The van der Waals surface area contributed by atoms with Crippen molar-refractivity contribution in [2.45, 2.75) is 36.9 Å². The number of rotatable bonds is 5. The van der Waals surface area contributed by atoms with E-state index in [1.165, 1.54) is 17.8 Å². The van der Waals surface area contributed by atoms with Crippen LogP contribution >= 0.6 is 11.6 Å². The summed E-state index contributed by atoms with van der Waals surface area (Å²) in [5.74, 6) is -0.138. The summed E-state index contributed by atoms with van der Waals surface area (Å²) in [6.07, 6.45) is -4.43. The van der Waals surface area contributed by atoms with Gasteiger partial charge in [0, 0.05) is 12.1 Å². The van der Waals surface area contributed by atoms with Crippen molar-refractivity contribution in [3.63, 3.8) is 0 Å². The molecule has 33 heavy (non-hydrogen) atoms. The molecule has 9 nitrogen and oxygen atoms in total. The minimum atomic E-state index is -1.46. The number of aromatic hydroxyl groups is 1. The van der Waals surface area contributed by atoms with Gasteiger partial charge in [0.05, 0.1) is 18.5 Å². The summed E-state index contributed by atoms with van der Waals surface area (Å²) in [6.45, 7) is -0.503. The maximum absolute atomic E-state index is 12.2. The van der Waals surface area contributed by atoms with Gasteiger partial charge in [-0.25, -0.2) is 4.79 Å². The van der Waals surface area contributed by atoms with Crippen LogP contribution in [0.1, 0.15) is 22.8 Å². The van der Waals surface area contributed by atoms with Crippen LogP contribution in [-0.2, 0) is 18.2 Å². The molecular formula is C23H25ClN2O7. The number of aliphatic hydroxyl groups excluding tert-OH is 4. The molecule has 0 aliphatic carbocycles. The number of nitrogens with zero attached hydrogens (tertiary/aromatic N) is 2. The van der Waals surface area contributed by atoms with Crippen LogP contribution in [0.2, 0.25) is 5.02 Å². The number of ether oxygens (including phenoxy) is 1. The Hall–Kier alpha value is -2.66. The van der Waals surface area contributed by atoms with E-state index >= 15 is 0 Å². The SMILES string of the molecule is Cn1c(O)cn(-c2ccc(Cc3cc(C4OC(CO)C(O)C(O)C4O)ccc3Cl)cc2)c1=O. The predicted molar refractivity (Wildman–Crippen MR) is 120 cm³/mol. The molecule has 1 aliphatic heterocycles. The highest BCUT2D eigenvalue weighted by molar-refractivity contribution is 6.31. The highest BCUT2D eigenvalue weighted by atomic mass is 35.5. The molecule has 10 heteroatoms. The molecule has 1 aliphatic rings. The Balaban J connectivity index is 1.57. The zero-order valence-corrected chi connectivity index (χ0v) is 18.5. The largest absolute Gasteiger partial charge is 0.493 e. The van der Waals surface area contributed by atoms with Crippen molar-refractivity contribution in [3.8, 4) is 11.6 Å². The molecule has 0 radical (unpaired) electrons. The monoisotopic (exact) mass is 476 g/mol. The minimum Gasteiger partial charge on any atom is -0.493 e. The third kappa shape index (κ3) is 4.43. The lowest BCUT2D eigenvalue weighted by Gasteiger charge is -2.40. The van der Waals surface area contributed by atoms with Crippen LogP contribution in [0.25, 0.3) is 5.69 Å². The van der Waals surface area contributed by atoms with Gasteiger partial charge in [0.2, 0.25) is 5.88 Å². The molecule has 5 unspecified atom stereocenters. The van der Waals surface area contributed by atoms with Crippen molar-refractivity contribution >= 4 is 11.6 Å². The Morgan fingerprint density at radius 3 is 2.33 bits per heavy atom. The van der Waals surface area contributed by atoms with Crippen LogP contribution in [0.5, 0.6) is 5.88 Å². The second-order valence-electron chi connectivity index (χ2n) is 8.14. The summed E-state index contributed by atoms with van der Waals surface area (Å²) in [5.41, 5.74) is 2.43.